The summed E-state index contributed by atoms with van der Waals surface area (Å²) in [6.45, 7) is 0.542. The number of nitrogens with zero attached hydrogens (tertiary/aromatic N) is 3. The number of methoxy groups -OCH3 is 2. The van der Waals surface area contributed by atoms with Crippen molar-refractivity contribution in [2.75, 3.05) is 19.5 Å². The predicted octanol–water partition coefficient (Wildman–Crippen LogP) is 4.16. The van der Waals surface area contributed by atoms with E-state index < -0.39 is 0 Å². The Morgan fingerprint density at radius 3 is 2.57 bits per heavy atom. The summed E-state index contributed by atoms with van der Waals surface area (Å²) in [6, 6.07) is 13.9. The lowest BCUT2D eigenvalue weighted by Gasteiger charge is -2.10. The van der Waals surface area contributed by atoms with Gasteiger partial charge in [-0.05, 0) is 35.9 Å². The molecule has 4 rings (SSSR count). The molecule has 7 heteroatoms. The molecule has 0 amide bonds. The maximum atomic E-state index is 13.1. The number of hydrogen-bond acceptors (Lipinski definition) is 5. The zero-order valence-corrected chi connectivity index (χ0v) is 15.5. The lowest BCUT2D eigenvalue weighted by molar-refractivity contribution is 0.395. The maximum Gasteiger partial charge on any atom is 0.165 e. The molecule has 0 fully saturated rings. The first-order valence-electron chi connectivity index (χ1n) is 8.73. The second kappa shape index (κ2) is 7.56. The molecule has 0 saturated carbocycles. The Labute approximate surface area is 161 Å². The zero-order valence-electron chi connectivity index (χ0n) is 15.5. The molecule has 0 unspecified atom stereocenters. The zero-order chi connectivity index (χ0) is 19.5. The van der Waals surface area contributed by atoms with Gasteiger partial charge in [0.2, 0.25) is 0 Å². The first-order valence-corrected chi connectivity index (χ1v) is 8.73. The van der Waals surface area contributed by atoms with Gasteiger partial charge in [0.15, 0.2) is 5.65 Å². The highest BCUT2D eigenvalue weighted by atomic mass is 19.1. The number of fused-ring (bicyclic) bond motifs is 1. The van der Waals surface area contributed by atoms with E-state index in [4.69, 9.17) is 9.47 Å². The van der Waals surface area contributed by atoms with Crippen LogP contribution in [0, 0.1) is 5.82 Å². The molecule has 0 atom stereocenters. The number of nitrogens with one attached hydrogen (secondary N) is 1. The van der Waals surface area contributed by atoms with Crippen molar-refractivity contribution in [3.05, 3.63) is 72.3 Å². The van der Waals surface area contributed by atoms with Gasteiger partial charge in [-0.1, -0.05) is 12.1 Å². The van der Waals surface area contributed by atoms with Crippen molar-refractivity contribution in [3.8, 4) is 22.6 Å². The first kappa shape index (κ1) is 17.8. The first-order chi connectivity index (χ1) is 13.7. The van der Waals surface area contributed by atoms with Crippen LogP contribution < -0.4 is 14.8 Å². The number of halogens is 1. The van der Waals surface area contributed by atoms with E-state index in [1.165, 1.54) is 12.1 Å². The molecule has 0 aliphatic rings. The Balaban J connectivity index is 1.68. The molecule has 4 aromatic rings. The van der Waals surface area contributed by atoms with E-state index >= 15 is 0 Å². The molecule has 6 nitrogen and oxygen atoms in total. The fraction of sp³-hybridized carbons (Fsp3) is 0.143. The highest BCUT2D eigenvalue weighted by Crippen LogP contribution is 2.35. The second-order valence-electron chi connectivity index (χ2n) is 6.17. The third kappa shape index (κ3) is 3.34. The van der Waals surface area contributed by atoms with Gasteiger partial charge in [-0.15, -0.1) is 0 Å². The minimum Gasteiger partial charge on any atom is -0.497 e. The summed E-state index contributed by atoms with van der Waals surface area (Å²) < 4.78 is 25.6. The molecule has 2 aromatic carbocycles. The van der Waals surface area contributed by atoms with Gasteiger partial charge in [0, 0.05) is 24.4 Å². The Morgan fingerprint density at radius 1 is 1.00 bits per heavy atom. The Hall–Kier alpha value is -3.61. The van der Waals surface area contributed by atoms with Crippen molar-refractivity contribution < 1.29 is 13.9 Å². The third-order valence-electron chi connectivity index (χ3n) is 4.49. The summed E-state index contributed by atoms with van der Waals surface area (Å²) in [5.41, 5.74) is 3.40. The lowest BCUT2D eigenvalue weighted by Crippen LogP contribution is -2.05. The van der Waals surface area contributed by atoms with Crippen molar-refractivity contribution in [2.24, 2.45) is 0 Å². The summed E-state index contributed by atoms with van der Waals surface area (Å²) in [5, 5.41) is 7.81. The third-order valence-corrected chi connectivity index (χ3v) is 4.49. The van der Waals surface area contributed by atoms with Gasteiger partial charge < -0.3 is 14.8 Å². The van der Waals surface area contributed by atoms with Crippen molar-refractivity contribution in [1.29, 1.82) is 0 Å². The van der Waals surface area contributed by atoms with Crippen LogP contribution in [-0.4, -0.2) is 28.8 Å². The van der Waals surface area contributed by atoms with Crippen molar-refractivity contribution in [1.82, 2.24) is 14.6 Å². The van der Waals surface area contributed by atoms with E-state index in [9.17, 15) is 4.39 Å². The second-order valence-corrected chi connectivity index (χ2v) is 6.17. The van der Waals surface area contributed by atoms with Crippen LogP contribution in [0.5, 0.6) is 11.5 Å². The summed E-state index contributed by atoms with van der Waals surface area (Å²) in [5.74, 6) is 1.93. The van der Waals surface area contributed by atoms with Crippen LogP contribution >= 0.6 is 0 Å². The van der Waals surface area contributed by atoms with Gasteiger partial charge in [0.1, 0.15) is 23.1 Å². The summed E-state index contributed by atoms with van der Waals surface area (Å²) in [6.07, 6.45) is 3.49. The molecule has 0 bridgehead atoms. The van der Waals surface area contributed by atoms with E-state index in [0.29, 0.717) is 23.7 Å². The largest absolute Gasteiger partial charge is 0.497 e. The molecule has 2 heterocycles. The van der Waals surface area contributed by atoms with Gasteiger partial charge >= 0.3 is 0 Å². The average Bonchev–Trinajstić information content (AvgIpc) is 3.17. The molecule has 1 N–H and O–H groups in total. The number of anilines is 1. The van der Waals surface area contributed by atoms with E-state index in [2.05, 4.69) is 15.4 Å². The fourth-order valence-corrected chi connectivity index (χ4v) is 3.03. The maximum absolute atomic E-state index is 13.1. The standard InChI is InChI=1S/C21H19FN4O2/c1-27-16-7-8-17(19(11-16)28-2)18-13-25-26-20(9-10-23-21(18)26)24-12-14-3-5-15(22)6-4-14/h3-11,13,24H,12H2,1-2H3. The Morgan fingerprint density at radius 2 is 1.82 bits per heavy atom. The average molecular weight is 378 g/mol. The molecular formula is C21H19FN4O2. The van der Waals surface area contributed by atoms with Crippen LogP contribution in [0.15, 0.2) is 60.9 Å². The molecule has 0 aliphatic carbocycles. The van der Waals surface area contributed by atoms with Crippen molar-refractivity contribution >= 4 is 11.5 Å². The van der Waals surface area contributed by atoms with Crippen LogP contribution in [0.1, 0.15) is 5.56 Å². The van der Waals surface area contributed by atoms with Gasteiger partial charge in [0.25, 0.3) is 0 Å². The van der Waals surface area contributed by atoms with E-state index in [-0.39, 0.29) is 5.82 Å². The van der Waals surface area contributed by atoms with Gasteiger partial charge in [-0.25, -0.2) is 9.37 Å². The molecule has 2 aromatic heterocycles. The molecule has 0 spiro atoms. The number of ether oxygens (including phenoxy) is 2. The molecule has 0 aliphatic heterocycles. The van der Waals surface area contributed by atoms with E-state index in [1.807, 2.05) is 24.3 Å². The number of benzene rings is 2. The SMILES string of the molecule is COc1ccc(-c2cnn3c(NCc4ccc(F)cc4)ccnc23)c(OC)c1. The van der Waals surface area contributed by atoms with E-state index in [0.717, 1.165) is 22.5 Å². The van der Waals surface area contributed by atoms with Gasteiger partial charge in [-0.3, -0.25) is 0 Å². The monoisotopic (exact) mass is 378 g/mol. The topological polar surface area (TPSA) is 60.7 Å². The number of rotatable bonds is 6. The van der Waals surface area contributed by atoms with Crippen LogP contribution in [0.3, 0.4) is 0 Å². The predicted molar refractivity (Wildman–Crippen MR) is 105 cm³/mol. The Kier molecular flexibility index (Phi) is 4.80. The smallest absolute Gasteiger partial charge is 0.165 e. The summed E-state index contributed by atoms with van der Waals surface area (Å²) in [7, 11) is 3.23. The number of hydrogen-bond donors (Lipinski definition) is 1. The van der Waals surface area contributed by atoms with Crippen molar-refractivity contribution in [3.63, 3.8) is 0 Å². The highest BCUT2D eigenvalue weighted by Gasteiger charge is 2.15. The van der Waals surface area contributed by atoms with Crippen LogP contribution in [-0.2, 0) is 6.54 Å². The summed E-state index contributed by atoms with van der Waals surface area (Å²) >= 11 is 0. The highest BCUT2D eigenvalue weighted by molar-refractivity contribution is 5.82. The van der Waals surface area contributed by atoms with Crippen molar-refractivity contribution in [2.45, 2.75) is 6.54 Å². The Bertz CT molecular complexity index is 1110. The summed E-state index contributed by atoms with van der Waals surface area (Å²) in [4.78, 5) is 4.49. The van der Waals surface area contributed by atoms with E-state index in [1.54, 1.807) is 43.3 Å². The molecule has 0 radical (unpaired) electrons. The lowest BCUT2D eigenvalue weighted by atomic mass is 10.1. The quantitative estimate of drug-likeness (QED) is 0.546. The molecule has 142 valence electrons. The molecular weight excluding hydrogens is 359 g/mol. The minimum atomic E-state index is -0.250. The van der Waals surface area contributed by atoms with Gasteiger partial charge in [-0.2, -0.15) is 9.61 Å². The molecule has 0 saturated heterocycles. The van der Waals surface area contributed by atoms with Crippen LogP contribution in [0.25, 0.3) is 16.8 Å². The fourth-order valence-electron chi connectivity index (χ4n) is 3.03. The minimum absolute atomic E-state index is 0.250. The van der Waals surface area contributed by atoms with Crippen LogP contribution in [0.4, 0.5) is 10.2 Å². The number of aromatic nitrogens is 3. The molecule has 28 heavy (non-hydrogen) atoms. The normalized spacial score (nSPS) is 10.8. The van der Waals surface area contributed by atoms with Crippen LogP contribution in [0.2, 0.25) is 0 Å². The van der Waals surface area contributed by atoms with Gasteiger partial charge in [0.05, 0.1) is 26.0 Å².